The van der Waals surface area contributed by atoms with Gasteiger partial charge in [0.2, 0.25) is 0 Å². The highest BCUT2D eigenvalue weighted by molar-refractivity contribution is 6.11. The van der Waals surface area contributed by atoms with Crippen LogP contribution in [0.5, 0.6) is 0 Å². The summed E-state index contributed by atoms with van der Waals surface area (Å²) in [6, 6.07) is 0.295. The van der Waals surface area contributed by atoms with Crippen LogP contribution in [-0.2, 0) is 9.47 Å². The van der Waals surface area contributed by atoms with Crippen molar-refractivity contribution in [3.05, 3.63) is 0 Å². The summed E-state index contributed by atoms with van der Waals surface area (Å²) >= 11 is 0. The summed E-state index contributed by atoms with van der Waals surface area (Å²) in [5.41, 5.74) is 0. The number of methoxy groups -OCH3 is 1. The summed E-state index contributed by atoms with van der Waals surface area (Å²) < 4.78 is 11.4. The molecule has 30 heavy (non-hydrogen) atoms. The van der Waals surface area contributed by atoms with Gasteiger partial charge in [-0.1, -0.05) is 104 Å². The molecule has 3 atom stereocenters. The molecule has 2 radical (unpaired) electrons. The van der Waals surface area contributed by atoms with E-state index in [-0.39, 0.29) is 12.1 Å². The van der Waals surface area contributed by atoms with Crippen LogP contribution in [0.2, 0.25) is 0 Å². The number of hydrogen-bond acceptors (Lipinski definition) is 3. The second kappa shape index (κ2) is 19.6. The first-order valence-electron chi connectivity index (χ1n) is 13.4. The average molecular weight is 422 g/mol. The van der Waals surface area contributed by atoms with Crippen molar-refractivity contribution in [3.63, 3.8) is 0 Å². The van der Waals surface area contributed by atoms with Gasteiger partial charge < -0.3 is 9.47 Å². The van der Waals surface area contributed by atoms with Gasteiger partial charge in [0.1, 0.15) is 7.85 Å². The Labute approximate surface area is 190 Å². The molecule has 1 heterocycles. The minimum Gasteiger partial charge on any atom is -0.382 e. The lowest BCUT2D eigenvalue weighted by molar-refractivity contribution is -0.00536. The first-order valence-corrected chi connectivity index (χ1v) is 13.4. The molecule has 1 aliphatic rings. The lowest BCUT2D eigenvalue weighted by Gasteiger charge is -2.32. The highest BCUT2D eigenvalue weighted by Crippen LogP contribution is 2.25. The molecule has 1 unspecified atom stereocenters. The first kappa shape index (κ1) is 28.0. The van der Waals surface area contributed by atoms with Crippen LogP contribution in [0.4, 0.5) is 0 Å². The number of nitrogens with zero attached hydrogens (tertiary/aromatic N) is 1. The summed E-state index contributed by atoms with van der Waals surface area (Å²) in [5.74, 6) is 0. The van der Waals surface area contributed by atoms with Crippen molar-refractivity contribution in [2.24, 2.45) is 0 Å². The Bertz CT molecular complexity index is 349. The highest BCUT2D eigenvalue weighted by Gasteiger charge is 2.36. The Morgan fingerprint density at radius 1 is 0.733 bits per heavy atom. The largest absolute Gasteiger partial charge is 0.382 e. The normalized spacial score (nSPS) is 21.7. The molecule has 0 aromatic rings. The smallest absolute Gasteiger partial charge is 0.109 e. The van der Waals surface area contributed by atoms with Crippen LogP contribution in [0.25, 0.3) is 0 Å². The molecule has 0 amide bonds. The predicted molar refractivity (Wildman–Crippen MR) is 131 cm³/mol. The molecule has 1 rings (SSSR count). The van der Waals surface area contributed by atoms with Gasteiger partial charge in [-0.2, -0.15) is 0 Å². The lowest BCUT2D eigenvalue weighted by Crippen LogP contribution is -2.43. The van der Waals surface area contributed by atoms with Crippen LogP contribution in [0.1, 0.15) is 123 Å². The van der Waals surface area contributed by atoms with E-state index in [0.29, 0.717) is 12.6 Å². The van der Waals surface area contributed by atoms with E-state index in [4.69, 9.17) is 17.3 Å². The number of unbranched alkanes of at least 4 members (excludes halogenated alkanes) is 14. The monoisotopic (exact) mass is 421 g/mol. The molecule has 0 aromatic heterocycles. The maximum absolute atomic E-state index is 6.15. The Kier molecular flexibility index (Phi) is 18.3. The molecule has 1 aliphatic heterocycles. The minimum absolute atomic E-state index is 0.130. The van der Waals surface area contributed by atoms with Gasteiger partial charge in [-0.3, -0.25) is 4.90 Å². The predicted octanol–water partition coefficient (Wildman–Crippen LogP) is 6.87. The third-order valence-electron chi connectivity index (χ3n) is 6.65. The standard InChI is InChI=1S/C26H52BNO2/c1-4-6-8-10-12-14-16-18-20-28(21-19-17-15-13-11-9-7-5-2)24-22-26(27)30-25(24)23-29-3/h24-26H,4-23H2,1-3H3/t24?,25-,26-/m1/s1. The quantitative estimate of drug-likeness (QED) is 0.149. The highest BCUT2D eigenvalue weighted by atomic mass is 16.5. The van der Waals surface area contributed by atoms with E-state index in [1.807, 2.05) is 0 Å². The van der Waals surface area contributed by atoms with Crippen LogP contribution in [0.3, 0.4) is 0 Å². The fourth-order valence-electron chi connectivity index (χ4n) is 4.80. The van der Waals surface area contributed by atoms with Crippen molar-refractivity contribution < 1.29 is 9.47 Å². The van der Waals surface area contributed by atoms with Gasteiger partial charge in [0, 0.05) is 19.2 Å². The molecule has 0 aliphatic carbocycles. The van der Waals surface area contributed by atoms with Gasteiger partial charge in [-0.15, -0.1) is 0 Å². The van der Waals surface area contributed by atoms with E-state index >= 15 is 0 Å². The zero-order valence-corrected chi connectivity index (χ0v) is 20.7. The summed E-state index contributed by atoms with van der Waals surface area (Å²) in [6.07, 6.45) is 23.1. The maximum atomic E-state index is 6.15. The molecule has 4 heteroatoms. The van der Waals surface area contributed by atoms with Crippen molar-refractivity contribution in [2.45, 2.75) is 141 Å². The molecule has 3 nitrogen and oxygen atoms in total. The molecule has 0 saturated carbocycles. The number of rotatable bonds is 21. The Balaban J connectivity index is 2.32. The second-order valence-electron chi connectivity index (χ2n) is 9.46. The van der Waals surface area contributed by atoms with E-state index in [2.05, 4.69) is 18.7 Å². The fourth-order valence-corrected chi connectivity index (χ4v) is 4.80. The third-order valence-corrected chi connectivity index (χ3v) is 6.65. The van der Waals surface area contributed by atoms with Crippen molar-refractivity contribution in [1.82, 2.24) is 4.90 Å². The second-order valence-corrected chi connectivity index (χ2v) is 9.46. The number of ether oxygens (including phenoxy) is 2. The van der Waals surface area contributed by atoms with Crippen LogP contribution in [0, 0.1) is 0 Å². The van der Waals surface area contributed by atoms with E-state index in [1.165, 1.54) is 116 Å². The average Bonchev–Trinajstić information content (AvgIpc) is 3.10. The summed E-state index contributed by atoms with van der Waals surface area (Å²) in [6.45, 7) is 7.61. The van der Waals surface area contributed by atoms with Gasteiger partial charge >= 0.3 is 0 Å². The van der Waals surface area contributed by atoms with Crippen LogP contribution in [0.15, 0.2) is 0 Å². The first-order chi connectivity index (χ1) is 14.7. The van der Waals surface area contributed by atoms with Gasteiger partial charge in [0.05, 0.1) is 12.7 Å². The van der Waals surface area contributed by atoms with Crippen molar-refractivity contribution in [1.29, 1.82) is 0 Å². The molecule has 0 bridgehead atoms. The Hall–Kier alpha value is -0.0551. The zero-order valence-electron chi connectivity index (χ0n) is 20.7. The van der Waals surface area contributed by atoms with Crippen molar-refractivity contribution in [2.75, 3.05) is 26.8 Å². The fraction of sp³-hybridized carbons (Fsp3) is 1.00. The van der Waals surface area contributed by atoms with E-state index < -0.39 is 0 Å². The summed E-state index contributed by atoms with van der Waals surface area (Å²) in [7, 11) is 7.92. The molecule has 0 spiro atoms. The molecule has 1 saturated heterocycles. The third kappa shape index (κ3) is 13.4. The lowest BCUT2D eigenvalue weighted by atomic mass is 9.93. The van der Waals surface area contributed by atoms with E-state index in [0.717, 1.165) is 6.42 Å². The van der Waals surface area contributed by atoms with Gasteiger partial charge in [0.25, 0.3) is 0 Å². The summed E-state index contributed by atoms with van der Waals surface area (Å²) in [4.78, 5) is 2.69. The molecule has 176 valence electrons. The molecular formula is C26H52BNO2. The van der Waals surface area contributed by atoms with E-state index in [1.54, 1.807) is 7.11 Å². The van der Waals surface area contributed by atoms with Gasteiger partial charge in [-0.25, -0.2) is 0 Å². The molecular weight excluding hydrogens is 369 g/mol. The number of hydrogen-bond donors (Lipinski definition) is 0. The van der Waals surface area contributed by atoms with Crippen molar-refractivity contribution in [3.8, 4) is 0 Å². The summed E-state index contributed by atoms with van der Waals surface area (Å²) in [5, 5.41) is 0. The molecule has 1 fully saturated rings. The van der Waals surface area contributed by atoms with Crippen molar-refractivity contribution >= 4 is 7.85 Å². The zero-order chi connectivity index (χ0) is 21.9. The van der Waals surface area contributed by atoms with Gasteiger partial charge in [-0.05, 0) is 32.4 Å². The SMILES string of the molecule is [B][C@H]1CC(N(CCCCCCCCCC)CCCCCCCCCC)[C@@H](COC)O1. The van der Waals surface area contributed by atoms with Crippen LogP contribution in [-0.4, -0.2) is 57.7 Å². The van der Waals surface area contributed by atoms with Gasteiger partial charge in [0.15, 0.2) is 0 Å². The van der Waals surface area contributed by atoms with Crippen LogP contribution >= 0.6 is 0 Å². The molecule has 0 N–H and O–H groups in total. The Morgan fingerprint density at radius 3 is 1.60 bits per heavy atom. The van der Waals surface area contributed by atoms with Crippen LogP contribution < -0.4 is 0 Å². The topological polar surface area (TPSA) is 21.7 Å². The maximum Gasteiger partial charge on any atom is 0.109 e. The minimum atomic E-state index is -0.130. The Morgan fingerprint density at radius 2 is 1.17 bits per heavy atom. The molecule has 0 aromatic carbocycles. The van der Waals surface area contributed by atoms with E-state index in [9.17, 15) is 0 Å².